The molecule has 0 aliphatic carbocycles. The van der Waals surface area contributed by atoms with Crippen LogP contribution in [0, 0.1) is 0 Å². The van der Waals surface area contributed by atoms with Gasteiger partial charge in [0.2, 0.25) is 0 Å². The fourth-order valence-electron chi connectivity index (χ4n) is 1.83. The Labute approximate surface area is 129 Å². The molecule has 0 aromatic heterocycles. The van der Waals surface area contributed by atoms with Crippen LogP contribution in [0.15, 0.2) is 54.6 Å². The van der Waals surface area contributed by atoms with Gasteiger partial charge in [-0.25, -0.2) is 0 Å². The maximum absolute atomic E-state index is 10.0. The summed E-state index contributed by atoms with van der Waals surface area (Å²) in [5.41, 5.74) is 1.72. The molecule has 0 unspecified atom stereocenters. The van der Waals surface area contributed by atoms with Crippen molar-refractivity contribution in [2.45, 2.75) is 6.10 Å². The third-order valence-corrected chi connectivity index (χ3v) is 3.23. The minimum Gasteiger partial charge on any atom is -0.497 e. The number of rotatable bonds is 5. The lowest BCUT2D eigenvalue weighted by molar-refractivity contribution is 0.181. The molecule has 21 heavy (non-hydrogen) atoms. The van der Waals surface area contributed by atoms with Gasteiger partial charge in [0.15, 0.2) is 5.11 Å². The Hall–Kier alpha value is -2.11. The van der Waals surface area contributed by atoms with Crippen LogP contribution in [-0.4, -0.2) is 23.9 Å². The highest BCUT2D eigenvalue weighted by Gasteiger charge is 2.07. The summed E-state index contributed by atoms with van der Waals surface area (Å²) in [6.45, 7) is 0.353. The lowest BCUT2D eigenvalue weighted by Gasteiger charge is -2.15. The summed E-state index contributed by atoms with van der Waals surface area (Å²) < 4.78 is 5.09. The van der Waals surface area contributed by atoms with E-state index in [0.717, 1.165) is 17.0 Å². The molecule has 0 radical (unpaired) electrons. The maximum atomic E-state index is 10.0. The Bertz CT molecular complexity index is 573. The molecule has 0 fully saturated rings. The third kappa shape index (κ3) is 4.73. The summed E-state index contributed by atoms with van der Waals surface area (Å²) in [6.07, 6.45) is -0.596. The molecule has 2 rings (SSSR count). The molecule has 3 N–H and O–H groups in total. The van der Waals surface area contributed by atoms with Crippen LogP contribution in [0.2, 0.25) is 0 Å². The second kappa shape index (κ2) is 7.61. The molecule has 2 aromatic carbocycles. The van der Waals surface area contributed by atoms with Crippen LogP contribution in [-0.2, 0) is 0 Å². The van der Waals surface area contributed by atoms with Gasteiger partial charge in [-0.05, 0) is 42.0 Å². The molecule has 5 heteroatoms. The lowest BCUT2D eigenvalue weighted by atomic mass is 10.1. The Kier molecular flexibility index (Phi) is 5.54. The quantitative estimate of drug-likeness (QED) is 0.742. The van der Waals surface area contributed by atoms with E-state index in [1.54, 1.807) is 7.11 Å². The highest BCUT2D eigenvalue weighted by molar-refractivity contribution is 7.80. The number of aliphatic hydroxyl groups is 1. The van der Waals surface area contributed by atoms with Crippen molar-refractivity contribution < 1.29 is 9.84 Å². The standard InChI is InChI=1S/C16H18N2O2S/c1-20-14-9-7-13(8-10-14)18-16(21)17-11-15(19)12-5-3-2-4-6-12/h2-10,15,19H,11H2,1H3,(H2,17,18,21)/t15-/m1/s1. The molecule has 0 bridgehead atoms. The number of nitrogens with one attached hydrogen (secondary N) is 2. The van der Waals surface area contributed by atoms with Gasteiger partial charge in [-0.15, -0.1) is 0 Å². The smallest absolute Gasteiger partial charge is 0.170 e. The predicted molar refractivity (Wildman–Crippen MR) is 88.6 cm³/mol. The van der Waals surface area contributed by atoms with Gasteiger partial charge >= 0.3 is 0 Å². The summed E-state index contributed by atoms with van der Waals surface area (Å²) in [6, 6.07) is 16.9. The number of ether oxygens (including phenoxy) is 1. The Morgan fingerprint density at radius 3 is 2.43 bits per heavy atom. The van der Waals surface area contributed by atoms with Crippen molar-refractivity contribution in [3.05, 3.63) is 60.2 Å². The SMILES string of the molecule is COc1ccc(NC(=S)NC[C@@H](O)c2ccccc2)cc1. The summed E-state index contributed by atoms with van der Waals surface area (Å²) in [5.74, 6) is 0.791. The second-order valence-corrected chi connectivity index (χ2v) is 4.90. The van der Waals surface area contributed by atoms with E-state index >= 15 is 0 Å². The van der Waals surface area contributed by atoms with E-state index in [9.17, 15) is 5.11 Å². The van der Waals surface area contributed by atoms with Crippen molar-refractivity contribution in [2.24, 2.45) is 0 Å². The van der Waals surface area contributed by atoms with Crippen molar-refractivity contribution in [1.82, 2.24) is 5.32 Å². The first-order valence-electron chi connectivity index (χ1n) is 6.61. The predicted octanol–water partition coefficient (Wildman–Crippen LogP) is 2.72. The second-order valence-electron chi connectivity index (χ2n) is 4.49. The van der Waals surface area contributed by atoms with Gasteiger partial charge in [-0.2, -0.15) is 0 Å². The van der Waals surface area contributed by atoms with E-state index in [1.165, 1.54) is 0 Å². The number of benzene rings is 2. The zero-order valence-corrected chi connectivity index (χ0v) is 12.6. The van der Waals surface area contributed by atoms with Crippen LogP contribution in [0.5, 0.6) is 5.75 Å². The normalized spacial score (nSPS) is 11.5. The fraction of sp³-hybridized carbons (Fsp3) is 0.188. The summed E-state index contributed by atoms with van der Waals surface area (Å²) in [5, 5.41) is 16.6. The molecule has 0 aliphatic heterocycles. The molecule has 0 amide bonds. The molecule has 0 saturated heterocycles. The number of thiocarbonyl (C=S) groups is 1. The highest BCUT2D eigenvalue weighted by atomic mass is 32.1. The molecule has 2 aromatic rings. The Morgan fingerprint density at radius 2 is 1.81 bits per heavy atom. The van der Waals surface area contributed by atoms with Crippen molar-refractivity contribution in [3.63, 3.8) is 0 Å². The molecule has 110 valence electrons. The van der Waals surface area contributed by atoms with Gasteiger partial charge in [0.1, 0.15) is 5.75 Å². The van der Waals surface area contributed by atoms with Crippen LogP contribution >= 0.6 is 12.2 Å². The maximum Gasteiger partial charge on any atom is 0.170 e. The van der Waals surface area contributed by atoms with Gasteiger partial charge in [0.05, 0.1) is 13.2 Å². The zero-order chi connectivity index (χ0) is 15.1. The minimum absolute atomic E-state index is 0.353. The number of hydrogen-bond acceptors (Lipinski definition) is 3. The fourth-order valence-corrected chi connectivity index (χ4v) is 2.03. The minimum atomic E-state index is -0.596. The summed E-state index contributed by atoms with van der Waals surface area (Å²) in [4.78, 5) is 0. The highest BCUT2D eigenvalue weighted by Crippen LogP contribution is 2.15. The Balaban J connectivity index is 1.81. The van der Waals surface area contributed by atoms with Gasteiger partial charge in [0.25, 0.3) is 0 Å². The molecule has 0 saturated carbocycles. The van der Waals surface area contributed by atoms with E-state index in [4.69, 9.17) is 17.0 Å². The molecular weight excluding hydrogens is 284 g/mol. The van der Waals surface area contributed by atoms with E-state index in [1.807, 2.05) is 54.6 Å². The van der Waals surface area contributed by atoms with E-state index in [-0.39, 0.29) is 0 Å². The molecular formula is C16H18N2O2S. The largest absolute Gasteiger partial charge is 0.497 e. The number of anilines is 1. The first-order valence-corrected chi connectivity index (χ1v) is 7.02. The number of hydrogen-bond donors (Lipinski definition) is 3. The van der Waals surface area contributed by atoms with Crippen molar-refractivity contribution >= 4 is 23.0 Å². The average Bonchev–Trinajstić information content (AvgIpc) is 2.54. The van der Waals surface area contributed by atoms with Crippen molar-refractivity contribution in [2.75, 3.05) is 19.0 Å². The molecule has 4 nitrogen and oxygen atoms in total. The van der Waals surface area contributed by atoms with Crippen LogP contribution in [0.25, 0.3) is 0 Å². The zero-order valence-electron chi connectivity index (χ0n) is 11.7. The summed E-state index contributed by atoms with van der Waals surface area (Å²) in [7, 11) is 1.62. The number of aliphatic hydroxyl groups excluding tert-OH is 1. The Morgan fingerprint density at radius 1 is 1.14 bits per heavy atom. The molecule has 0 aliphatic rings. The lowest BCUT2D eigenvalue weighted by Crippen LogP contribution is -2.32. The average molecular weight is 302 g/mol. The van der Waals surface area contributed by atoms with Gasteiger partial charge in [0, 0.05) is 12.2 Å². The topological polar surface area (TPSA) is 53.5 Å². The van der Waals surface area contributed by atoms with E-state index in [0.29, 0.717) is 11.7 Å². The van der Waals surface area contributed by atoms with Gasteiger partial charge < -0.3 is 20.5 Å². The van der Waals surface area contributed by atoms with Crippen LogP contribution in [0.4, 0.5) is 5.69 Å². The van der Waals surface area contributed by atoms with Crippen LogP contribution < -0.4 is 15.4 Å². The van der Waals surface area contributed by atoms with E-state index in [2.05, 4.69) is 10.6 Å². The van der Waals surface area contributed by atoms with E-state index < -0.39 is 6.10 Å². The third-order valence-electron chi connectivity index (χ3n) is 2.99. The molecule has 1 atom stereocenters. The van der Waals surface area contributed by atoms with Gasteiger partial charge in [-0.3, -0.25) is 0 Å². The van der Waals surface area contributed by atoms with Crippen molar-refractivity contribution in [3.8, 4) is 5.75 Å². The van der Waals surface area contributed by atoms with Crippen LogP contribution in [0.1, 0.15) is 11.7 Å². The summed E-state index contributed by atoms with van der Waals surface area (Å²) >= 11 is 5.20. The molecule has 0 heterocycles. The molecule has 0 spiro atoms. The first-order chi connectivity index (χ1) is 10.2. The number of methoxy groups -OCH3 is 1. The van der Waals surface area contributed by atoms with Gasteiger partial charge in [-0.1, -0.05) is 30.3 Å². The van der Waals surface area contributed by atoms with Crippen LogP contribution in [0.3, 0.4) is 0 Å². The van der Waals surface area contributed by atoms with Crippen molar-refractivity contribution in [1.29, 1.82) is 0 Å². The first kappa shape index (κ1) is 15.3. The monoisotopic (exact) mass is 302 g/mol.